The molecule has 0 spiro atoms. The SMILES string of the molecule is C=CCSCCNCc1nc2c(s1)CCC2. The predicted octanol–water partition coefficient (Wildman–Crippen LogP) is 2.64. The van der Waals surface area contributed by atoms with Gasteiger partial charge in [0, 0.05) is 29.5 Å². The summed E-state index contributed by atoms with van der Waals surface area (Å²) >= 11 is 3.81. The van der Waals surface area contributed by atoms with E-state index in [9.17, 15) is 0 Å². The van der Waals surface area contributed by atoms with Crippen LogP contribution in [0.5, 0.6) is 0 Å². The van der Waals surface area contributed by atoms with Crippen molar-refractivity contribution in [1.29, 1.82) is 0 Å². The Labute approximate surface area is 106 Å². The first-order valence-corrected chi connectivity index (χ1v) is 7.74. The van der Waals surface area contributed by atoms with Gasteiger partial charge in [0.1, 0.15) is 5.01 Å². The molecule has 1 aromatic rings. The van der Waals surface area contributed by atoms with E-state index in [1.54, 1.807) is 0 Å². The topological polar surface area (TPSA) is 24.9 Å². The molecule has 1 heterocycles. The third-order valence-electron chi connectivity index (χ3n) is 2.58. The summed E-state index contributed by atoms with van der Waals surface area (Å²) in [5, 5.41) is 4.70. The summed E-state index contributed by atoms with van der Waals surface area (Å²) in [5.41, 5.74) is 1.36. The maximum absolute atomic E-state index is 4.66. The van der Waals surface area contributed by atoms with Gasteiger partial charge in [0.05, 0.1) is 5.69 Å². The number of thiazole rings is 1. The van der Waals surface area contributed by atoms with Gasteiger partial charge >= 0.3 is 0 Å². The number of aromatic nitrogens is 1. The molecular formula is C12H18N2S2. The smallest absolute Gasteiger partial charge is 0.107 e. The van der Waals surface area contributed by atoms with Gasteiger partial charge in [0.25, 0.3) is 0 Å². The van der Waals surface area contributed by atoms with Crippen LogP contribution in [0.2, 0.25) is 0 Å². The fourth-order valence-electron chi connectivity index (χ4n) is 1.83. The summed E-state index contributed by atoms with van der Waals surface area (Å²) in [6, 6.07) is 0. The quantitative estimate of drug-likeness (QED) is 0.598. The number of nitrogens with zero attached hydrogens (tertiary/aromatic N) is 1. The Morgan fingerprint density at radius 1 is 1.50 bits per heavy atom. The molecule has 2 nitrogen and oxygen atoms in total. The highest BCUT2D eigenvalue weighted by molar-refractivity contribution is 7.99. The van der Waals surface area contributed by atoms with Crippen LogP contribution in [0, 0.1) is 0 Å². The molecular weight excluding hydrogens is 236 g/mol. The molecule has 0 amide bonds. The van der Waals surface area contributed by atoms with Crippen molar-refractivity contribution in [3.63, 3.8) is 0 Å². The summed E-state index contributed by atoms with van der Waals surface area (Å²) in [7, 11) is 0. The summed E-state index contributed by atoms with van der Waals surface area (Å²) in [6.45, 7) is 5.70. The lowest BCUT2D eigenvalue weighted by atomic mass is 10.4. The van der Waals surface area contributed by atoms with Gasteiger partial charge < -0.3 is 5.32 Å². The molecule has 0 bridgehead atoms. The zero-order chi connectivity index (χ0) is 11.2. The van der Waals surface area contributed by atoms with Gasteiger partial charge in [0.15, 0.2) is 0 Å². The number of aryl methyl sites for hydroxylation is 2. The molecule has 0 saturated carbocycles. The number of hydrogen-bond donors (Lipinski definition) is 1. The van der Waals surface area contributed by atoms with E-state index in [1.807, 2.05) is 29.2 Å². The molecule has 4 heteroatoms. The molecule has 0 fully saturated rings. The second kappa shape index (κ2) is 6.42. The van der Waals surface area contributed by atoms with Crippen LogP contribution in [-0.4, -0.2) is 23.0 Å². The first-order chi connectivity index (χ1) is 7.90. The van der Waals surface area contributed by atoms with Crippen molar-refractivity contribution in [2.45, 2.75) is 25.8 Å². The minimum atomic E-state index is 0.937. The molecule has 16 heavy (non-hydrogen) atoms. The van der Waals surface area contributed by atoms with E-state index < -0.39 is 0 Å². The van der Waals surface area contributed by atoms with E-state index in [2.05, 4.69) is 16.9 Å². The predicted molar refractivity (Wildman–Crippen MR) is 73.4 cm³/mol. The van der Waals surface area contributed by atoms with Crippen molar-refractivity contribution in [2.24, 2.45) is 0 Å². The molecule has 0 unspecified atom stereocenters. The third-order valence-corrected chi connectivity index (χ3v) is 4.70. The average molecular weight is 254 g/mol. The van der Waals surface area contributed by atoms with E-state index in [1.165, 1.54) is 34.8 Å². The Morgan fingerprint density at radius 2 is 2.44 bits per heavy atom. The summed E-state index contributed by atoms with van der Waals surface area (Å²) in [5.74, 6) is 2.20. The van der Waals surface area contributed by atoms with E-state index in [4.69, 9.17) is 0 Å². The number of thioether (sulfide) groups is 1. The van der Waals surface area contributed by atoms with Crippen LogP contribution in [0.3, 0.4) is 0 Å². The van der Waals surface area contributed by atoms with Crippen LogP contribution in [0.15, 0.2) is 12.7 Å². The monoisotopic (exact) mass is 254 g/mol. The van der Waals surface area contributed by atoms with Gasteiger partial charge in [0.2, 0.25) is 0 Å². The highest BCUT2D eigenvalue weighted by atomic mass is 32.2. The fourth-order valence-corrected chi connectivity index (χ4v) is 3.57. The average Bonchev–Trinajstić information content (AvgIpc) is 2.83. The largest absolute Gasteiger partial charge is 0.310 e. The number of nitrogens with one attached hydrogen (secondary N) is 1. The standard InChI is InChI=1S/C12H18N2S2/c1-2-7-15-8-6-13-9-12-14-10-4-3-5-11(10)16-12/h2,13H,1,3-9H2. The van der Waals surface area contributed by atoms with Crippen LogP contribution in [0.25, 0.3) is 0 Å². The Bertz CT molecular complexity index is 325. The van der Waals surface area contributed by atoms with Gasteiger partial charge in [-0.15, -0.1) is 17.9 Å². The minimum absolute atomic E-state index is 0.937. The normalized spacial score (nSPS) is 14.0. The lowest BCUT2D eigenvalue weighted by Gasteiger charge is -2.01. The first kappa shape index (κ1) is 12.1. The molecule has 0 aromatic carbocycles. The first-order valence-electron chi connectivity index (χ1n) is 5.77. The van der Waals surface area contributed by atoms with E-state index in [-0.39, 0.29) is 0 Å². The van der Waals surface area contributed by atoms with Crippen molar-refractivity contribution in [2.75, 3.05) is 18.1 Å². The van der Waals surface area contributed by atoms with Crippen molar-refractivity contribution in [3.8, 4) is 0 Å². The van der Waals surface area contributed by atoms with Gasteiger partial charge in [-0.2, -0.15) is 11.8 Å². The van der Waals surface area contributed by atoms with E-state index >= 15 is 0 Å². The molecule has 0 atom stereocenters. The van der Waals surface area contributed by atoms with Crippen LogP contribution in [0.1, 0.15) is 22.0 Å². The van der Waals surface area contributed by atoms with Crippen LogP contribution >= 0.6 is 23.1 Å². The molecule has 1 aromatic heterocycles. The van der Waals surface area contributed by atoms with E-state index in [0.29, 0.717) is 0 Å². The summed E-state index contributed by atoms with van der Waals surface area (Å²) in [4.78, 5) is 6.18. The molecule has 1 aliphatic carbocycles. The molecule has 2 rings (SSSR count). The maximum Gasteiger partial charge on any atom is 0.107 e. The number of hydrogen-bond acceptors (Lipinski definition) is 4. The lowest BCUT2D eigenvalue weighted by Crippen LogP contribution is -2.16. The zero-order valence-electron chi connectivity index (χ0n) is 9.50. The molecule has 88 valence electrons. The van der Waals surface area contributed by atoms with Crippen LogP contribution < -0.4 is 5.32 Å². The maximum atomic E-state index is 4.66. The van der Waals surface area contributed by atoms with Gasteiger partial charge in [-0.25, -0.2) is 4.98 Å². The van der Waals surface area contributed by atoms with Crippen molar-refractivity contribution in [3.05, 3.63) is 28.2 Å². The van der Waals surface area contributed by atoms with Crippen molar-refractivity contribution in [1.82, 2.24) is 10.3 Å². The molecule has 0 saturated heterocycles. The molecule has 0 aliphatic heterocycles. The summed E-state index contributed by atoms with van der Waals surface area (Å²) < 4.78 is 0. The van der Waals surface area contributed by atoms with Gasteiger partial charge in [-0.1, -0.05) is 6.08 Å². The zero-order valence-corrected chi connectivity index (χ0v) is 11.1. The second-order valence-electron chi connectivity index (χ2n) is 3.87. The van der Waals surface area contributed by atoms with Gasteiger partial charge in [-0.05, 0) is 19.3 Å². The number of rotatable bonds is 7. The van der Waals surface area contributed by atoms with Crippen LogP contribution in [0.4, 0.5) is 0 Å². The molecule has 0 radical (unpaired) electrons. The van der Waals surface area contributed by atoms with Crippen molar-refractivity contribution >= 4 is 23.1 Å². The molecule has 1 N–H and O–H groups in total. The van der Waals surface area contributed by atoms with E-state index in [0.717, 1.165) is 24.6 Å². The highest BCUT2D eigenvalue weighted by Gasteiger charge is 2.15. The number of fused-ring (bicyclic) bond motifs is 1. The Hall–Kier alpha value is -0.320. The van der Waals surface area contributed by atoms with Crippen LogP contribution in [-0.2, 0) is 19.4 Å². The Balaban J connectivity index is 1.64. The van der Waals surface area contributed by atoms with Gasteiger partial charge in [-0.3, -0.25) is 0 Å². The second-order valence-corrected chi connectivity index (χ2v) is 6.19. The minimum Gasteiger partial charge on any atom is -0.310 e. The lowest BCUT2D eigenvalue weighted by molar-refractivity contribution is 0.724. The fraction of sp³-hybridized carbons (Fsp3) is 0.583. The van der Waals surface area contributed by atoms with Crippen molar-refractivity contribution < 1.29 is 0 Å². The Morgan fingerprint density at radius 3 is 3.25 bits per heavy atom. The Kier molecular flexibility index (Phi) is 4.88. The third kappa shape index (κ3) is 3.34. The highest BCUT2D eigenvalue weighted by Crippen LogP contribution is 2.27. The summed E-state index contributed by atoms with van der Waals surface area (Å²) in [6.07, 6.45) is 5.71. The molecule has 1 aliphatic rings.